The lowest BCUT2D eigenvalue weighted by Crippen LogP contribution is -1.84. The molecule has 0 fully saturated rings. The minimum atomic E-state index is 1.03. The predicted molar refractivity (Wildman–Crippen MR) is 74.2 cm³/mol. The summed E-state index contributed by atoms with van der Waals surface area (Å²) in [5.41, 5.74) is 1.40. The van der Waals surface area contributed by atoms with E-state index in [1.807, 2.05) is 11.8 Å². The van der Waals surface area contributed by atoms with E-state index in [0.29, 0.717) is 0 Å². The average molecular weight is 240 g/mol. The molecule has 0 aliphatic carbocycles. The van der Waals surface area contributed by atoms with Crippen LogP contribution in [-0.2, 0) is 0 Å². The molecule has 0 aromatic heterocycles. The predicted octanol–water partition coefficient (Wildman–Crippen LogP) is 4.58. The number of aryl methyl sites for hydroxylation is 1. The molecule has 2 heteroatoms. The van der Waals surface area contributed by atoms with Gasteiger partial charge in [0.2, 0.25) is 0 Å². The Labute approximate surface area is 103 Å². The first-order valence-electron chi connectivity index (χ1n) is 5.64. The van der Waals surface area contributed by atoms with Crippen LogP contribution in [-0.4, -0.2) is 11.5 Å². The molecule has 0 nitrogen and oxygen atoms in total. The van der Waals surface area contributed by atoms with Gasteiger partial charge in [0.25, 0.3) is 0 Å². The van der Waals surface area contributed by atoms with E-state index in [9.17, 15) is 0 Å². The molecule has 0 radical (unpaired) electrons. The SMILES string of the molecule is Cc1ccccc1SCCCCCCS. The summed E-state index contributed by atoms with van der Waals surface area (Å²) >= 11 is 6.20. The molecular weight excluding hydrogens is 220 g/mol. The van der Waals surface area contributed by atoms with Gasteiger partial charge in [-0.2, -0.15) is 12.6 Å². The van der Waals surface area contributed by atoms with Crippen LogP contribution in [0, 0.1) is 6.92 Å². The number of unbranched alkanes of at least 4 members (excludes halogenated alkanes) is 3. The van der Waals surface area contributed by atoms with E-state index in [4.69, 9.17) is 0 Å². The highest BCUT2D eigenvalue weighted by Gasteiger charge is 1.97. The molecule has 0 saturated heterocycles. The van der Waals surface area contributed by atoms with Crippen molar-refractivity contribution < 1.29 is 0 Å². The van der Waals surface area contributed by atoms with Gasteiger partial charge in [-0.1, -0.05) is 31.0 Å². The van der Waals surface area contributed by atoms with Gasteiger partial charge in [-0.25, -0.2) is 0 Å². The maximum Gasteiger partial charge on any atom is 0.0101 e. The lowest BCUT2D eigenvalue weighted by molar-refractivity contribution is 0.712. The molecule has 15 heavy (non-hydrogen) atoms. The largest absolute Gasteiger partial charge is 0.179 e. The van der Waals surface area contributed by atoms with E-state index in [1.54, 1.807) is 0 Å². The van der Waals surface area contributed by atoms with Crippen molar-refractivity contribution in [2.45, 2.75) is 37.5 Å². The van der Waals surface area contributed by atoms with Crippen LogP contribution in [0.4, 0.5) is 0 Å². The highest BCUT2D eigenvalue weighted by molar-refractivity contribution is 7.99. The van der Waals surface area contributed by atoms with Crippen LogP contribution in [0.3, 0.4) is 0 Å². The molecule has 0 atom stereocenters. The summed E-state index contributed by atoms with van der Waals surface area (Å²) in [6.07, 6.45) is 5.27. The maximum absolute atomic E-state index is 4.21. The molecule has 1 aromatic rings. The molecule has 0 spiro atoms. The average Bonchev–Trinajstić information content (AvgIpc) is 2.25. The summed E-state index contributed by atoms with van der Waals surface area (Å²) in [5.74, 6) is 2.28. The second-order valence-corrected chi connectivity index (χ2v) is 5.34. The van der Waals surface area contributed by atoms with Crippen LogP contribution in [0.5, 0.6) is 0 Å². The van der Waals surface area contributed by atoms with Crippen molar-refractivity contribution in [3.63, 3.8) is 0 Å². The summed E-state index contributed by atoms with van der Waals surface area (Å²) in [6, 6.07) is 8.62. The number of hydrogen-bond acceptors (Lipinski definition) is 2. The minimum absolute atomic E-state index is 1.03. The second kappa shape index (κ2) is 8.12. The molecular formula is C13H20S2. The lowest BCUT2D eigenvalue weighted by Gasteiger charge is -2.04. The highest BCUT2D eigenvalue weighted by atomic mass is 32.2. The fourth-order valence-corrected chi connectivity index (χ4v) is 2.73. The van der Waals surface area contributed by atoms with E-state index in [2.05, 4.69) is 43.8 Å². The summed E-state index contributed by atoms with van der Waals surface area (Å²) < 4.78 is 0. The molecule has 0 amide bonds. The molecule has 0 unspecified atom stereocenters. The Morgan fingerprint density at radius 3 is 2.53 bits per heavy atom. The molecule has 84 valence electrons. The zero-order chi connectivity index (χ0) is 10.9. The standard InChI is InChI=1S/C13H20S2/c1-12-8-4-5-9-13(12)15-11-7-3-2-6-10-14/h4-5,8-9,14H,2-3,6-7,10-11H2,1H3. The summed E-state index contributed by atoms with van der Waals surface area (Å²) in [6.45, 7) is 2.18. The molecule has 0 saturated carbocycles. The molecule has 1 aromatic carbocycles. The van der Waals surface area contributed by atoms with Crippen LogP contribution in [0.25, 0.3) is 0 Å². The number of benzene rings is 1. The number of rotatable bonds is 7. The Morgan fingerprint density at radius 2 is 1.80 bits per heavy atom. The van der Waals surface area contributed by atoms with Crippen LogP contribution in [0.1, 0.15) is 31.2 Å². The Hall–Kier alpha value is -0.0800. The van der Waals surface area contributed by atoms with Gasteiger partial charge in [-0.05, 0) is 42.9 Å². The van der Waals surface area contributed by atoms with Gasteiger partial charge >= 0.3 is 0 Å². The highest BCUT2D eigenvalue weighted by Crippen LogP contribution is 2.23. The van der Waals surface area contributed by atoms with E-state index in [0.717, 1.165) is 5.75 Å². The van der Waals surface area contributed by atoms with Crippen LogP contribution < -0.4 is 0 Å². The van der Waals surface area contributed by atoms with Crippen LogP contribution >= 0.6 is 24.4 Å². The van der Waals surface area contributed by atoms with Gasteiger partial charge in [0.15, 0.2) is 0 Å². The van der Waals surface area contributed by atoms with Crippen molar-refractivity contribution in [3.8, 4) is 0 Å². The zero-order valence-corrected chi connectivity index (χ0v) is 11.1. The number of thioether (sulfide) groups is 1. The van der Waals surface area contributed by atoms with Gasteiger partial charge in [-0.15, -0.1) is 11.8 Å². The monoisotopic (exact) mass is 240 g/mol. The van der Waals surface area contributed by atoms with Crippen LogP contribution in [0.2, 0.25) is 0 Å². The number of thiol groups is 1. The third-order valence-corrected chi connectivity index (χ3v) is 3.98. The van der Waals surface area contributed by atoms with E-state index in [1.165, 1.54) is 41.9 Å². The quantitative estimate of drug-likeness (QED) is 0.413. The zero-order valence-electron chi connectivity index (χ0n) is 9.41. The first-order chi connectivity index (χ1) is 7.34. The Kier molecular flexibility index (Phi) is 7.03. The van der Waals surface area contributed by atoms with Crippen molar-refractivity contribution >= 4 is 24.4 Å². The molecule has 0 aliphatic rings. The second-order valence-electron chi connectivity index (χ2n) is 3.75. The van der Waals surface area contributed by atoms with Crippen LogP contribution in [0.15, 0.2) is 29.2 Å². The van der Waals surface area contributed by atoms with Gasteiger partial charge in [-0.3, -0.25) is 0 Å². The molecule has 0 heterocycles. The smallest absolute Gasteiger partial charge is 0.0101 e. The Bertz CT molecular complexity index is 271. The molecule has 0 bridgehead atoms. The van der Waals surface area contributed by atoms with Crippen molar-refractivity contribution in [3.05, 3.63) is 29.8 Å². The third kappa shape index (κ3) is 5.53. The fourth-order valence-electron chi connectivity index (χ4n) is 1.47. The first kappa shape index (κ1) is 13.0. The molecule has 1 rings (SSSR count). The van der Waals surface area contributed by atoms with Crippen molar-refractivity contribution in [2.75, 3.05) is 11.5 Å². The van der Waals surface area contributed by atoms with E-state index in [-0.39, 0.29) is 0 Å². The van der Waals surface area contributed by atoms with E-state index >= 15 is 0 Å². The Morgan fingerprint density at radius 1 is 1.07 bits per heavy atom. The topological polar surface area (TPSA) is 0 Å². The number of hydrogen-bond donors (Lipinski definition) is 1. The summed E-state index contributed by atoms with van der Waals surface area (Å²) in [7, 11) is 0. The molecule has 0 N–H and O–H groups in total. The van der Waals surface area contributed by atoms with Gasteiger partial charge in [0, 0.05) is 4.90 Å². The minimum Gasteiger partial charge on any atom is -0.179 e. The molecule has 0 aliphatic heterocycles. The van der Waals surface area contributed by atoms with Gasteiger partial charge < -0.3 is 0 Å². The van der Waals surface area contributed by atoms with Crippen molar-refractivity contribution in [2.24, 2.45) is 0 Å². The Balaban J connectivity index is 2.12. The lowest BCUT2D eigenvalue weighted by atomic mass is 10.2. The summed E-state index contributed by atoms with van der Waals surface area (Å²) in [5, 5.41) is 0. The summed E-state index contributed by atoms with van der Waals surface area (Å²) in [4.78, 5) is 1.44. The normalized spacial score (nSPS) is 10.5. The first-order valence-corrected chi connectivity index (χ1v) is 7.25. The third-order valence-electron chi connectivity index (χ3n) is 2.40. The maximum atomic E-state index is 4.21. The van der Waals surface area contributed by atoms with Crippen molar-refractivity contribution in [1.29, 1.82) is 0 Å². The van der Waals surface area contributed by atoms with Crippen molar-refractivity contribution in [1.82, 2.24) is 0 Å². The van der Waals surface area contributed by atoms with Gasteiger partial charge in [0.1, 0.15) is 0 Å². The fraction of sp³-hybridized carbons (Fsp3) is 0.538. The van der Waals surface area contributed by atoms with E-state index < -0.39 is 0 Å². The van der Waals surface area contributed by atoms with Gasteiger partial charge in [0.05, 0.1) is 0 Å².